The molecule has 33 heavy (non-hydrogen) atoms. The number of nitrogens with one attached hydrogen (secondary N) is 2. The van der Waals surface area contributed by atoms with Gasteiger partial charge in [0, 0.05) is 29.7 Å². The number of rotatable bonds is 5. The number of hydrogen-bond acceptors (Lipinski definition) is 8. The zero-order chi connectivity index (χ0) is 22.3. The highest BCUT2D eigenvalue weighted by molar-refractivity contribution is 8.00. The van der Waals surface area contributed by atoms with Gasteiger partial charge in [0.15, 0.2) is 24.7 Å². The zero-order valence-electron chi connectivity index (χ0n) is 16.7. The number of carboxylic acid groups (broad SMARTS) is 1. The Kier molecular flexibility index (Phi) is 8.14. The third-order valence-corrected chi connectivity index (χ3v) is 6.27. The van der Waals surface area contributed by atoms with Crippen LogP contribution in [0.25, 0.3) is 0 Å². The van der Waals surface area contributed by atoms with Crippen LogP contribution in [0.5, 0.6) is 5.75 Å². The lowest BCUT2D eigenvalue weighted by atomic mass is 10.0. The van der Waals surface area contributed by atoms with E-state index in [-0.39, 0.29) is 42.7 Å². The Bertz CT molecular complexity index is 1200. The molecule has 2 aromatic heterocycles. The van der Waals surface area contributed by atoms with Crippen LogP contribution in [0.15, 0.2) is 52.9 Å². The quantitative estimate of drug-likeness (QED) is 0.281. The molecule has 0 bridgehead atoms. The van der Waals surface area contributed by atoms with Crippen molar-refractivity contribution >= 4 is 60.0 Å². The minimum absolute atomic E-state index is 0. The summed E-state index contributed by atoms with van der Waals surface area (Å²) in [5.74, 6) is -2.63. The first-order chi connectivity index (χ1) is 14.8. The first-order valence-electron chi connectivity index (χ1n) is 9.12. The van der Waals surface area contributed by atoms with Crippen LogP contribution >= 0.6 is 36.6 Å². The van der Waals surface area contributed by atoms with Gasteiger partial charge in [0.2, 0.25) is 11.3 Å². The van der Waals surface area contributed by atoms with Crippen LogP contribution in [-0.4, -0.2) is 49.9 Å². The molecule has 2 amide bonds. The Labute approximate surface area is 203 Å². The summed E-state index contributed by atoms with van der Waals surface area (Å²) < 4.78 is 1.65. The number of hydrogen-bond donors (Lipinski definition) is 4. The number of anilines is 1. The van der Waals surface area contributed by atoms with Crippen LogP contribution < -0.4 is 26.2 Å². The molecule has 4 rings (SSSR count). The number of nitrogens with zero attached hydrogens (tertiary/aromatic N) is 2. The second-order valence-electron chi connectivity index (χ2n) is 6.99. The van der Waals surface area contributed by atoms with Gasteiger partial charge < -0.3 is 31.0 Å². The molecule has 2 atom stereocenters. The average Bonchev–Trinajstić information content (AvgIpc) is 2.74. The molecule has 4 heterocycles. The molecule has 11 nitrogen and oxygen atoms in total. The summed E-state index contributed by atoms with van der Waals surface area (Å²) in [6.07, 6.45) is 4.28. The Morgan fingerprint density at radius 3 is 2.76 bits per heavy atom. The van der Waals surface area contributed by atoms with E-state index in [9.17, 15) is 29.4 Å². The smallest absolute Gasteiger partial charge is 0.272 e. The molecule has 0 aliphatic carbocycles. The molecule has 0 unspecified atom stereocenters. The third kappa shape index (κ3) is 4.98. The van der Waals surface area contributed by atoms with Crippen LogP contribution in [-0.2, 0) is 16.1 Å². The normalized spacial score (nSPS) is 18.9. The molecule has 2 aliphatic rings. The maximum Gasteiger partial charge on any atom is 0.272 e. The van der Waals surface area contributed by atoms with Gasteiger partial charge in [-0.15, -0.1) is 36.6 Å². The van der Waals surface area contributed by atoms with Crippen LogP contribution in [0.3, 0.4) is 0 Å². The van der Waals surface area contributed by atoms with Crippen molar-refractivity contribution in [1.29, 1.82) is 0 Å². The molecule has 0 saturated carbocycles. The molecule has 14 heteroatoms. The molecular formula is C19H19Cl2N5O6S. The molecular weight excluding hydrogens is 497 g/mol. The summed E-state index contributed by atoms with van der Waals surface area (Å²) in [6, 6.07) is 3.52. The number of carbonyl (C=O) groups is 3. The fourth-order valence-corrected chi connectivity index (χ4v) is 4.68. The van der Waals surface area contributed by atoms with Crippen molar-refractivity contribution in [2.75, 3.05) is 11.1 Å². The van der Waals surface area contributed by atoms with Crippen LogP contribution in [0.4, 0.5) is 5.69 Å². The SMILES string of the molecule is Cl.Cl.N[C@@H]1C(=O)N2C(C(=O)[O-])=C(C[n+]3cccc(NC(=O)c4cc(=O)c(O)c[nH]4)c3)CS[C@@H]12. The first kappa shape index (κ1) is 26.2. The van der Waals surface area contributed by atoms with Gasteiger partial charge in [-0.25, -0.2) is 0 Å². The predicted molar refractivity (Wildman–Crippen MR) is 121 cm³/mol. The maximum atomic E-state index is 12.3. The highest BCUT2D eigenvalue weighted by atomic mass is 35.5. The molecule has 2 aromatic rings. The van der Waals surface area contributed by atoms with Gasteiger partial charge in [-0.1, -0.05) is 0 Å². The zero-order valence-corrected chi connectivity index (χ0v) is 19.2. The van der Waals surface area contributed by atoms with E-state index in [1.54, 1.807) is 29.1 Å². The Morgan fingerprint density at radius 2 is 2.09 bits per heavy atom. The van der Waals surface area contributed by atoms with E-state index in [1.807, 2.05) is 0 Å². The standard InChI is InChI=1S/C19H17N5O6S.2ClH/c20-14-17(28)24-15(19(29)30)9(8-31-18(14)24)6-23-3-1-2-10(7-23)22-16(27)11-4-12(25)13(26)5-21-11;;/h1-5,7,14,18H,6,8,20H2,(H3-,21,22,25,26,27,29,30);2*1H/t14-,18+;;/m1../s1. The van der Waals surface area contributed by atoms with Gasteiger partial charge in [0.25, 0.3) is 5.91 Å². The van der Waals surface area contributed by atoms with E-state index in [0.717, 1.165) is 17.2 Å². The number of aromatic hydroxyl groups is 1. The van der Waals surface area contributed by atoms with Crippen molar-refractivity contribution in [3.63, 3.8) is 0 Å². The highest BCUT2D eigenvalue weighted by Gasteiger charge is 2.50. The Hall–Kier alpha value is -3.06. The second kappa shape index (κ2) is 10.3. The van der Waals surface area contributed by atoms with Crippen molar-refractivity contribution in [1.82, 2.24) is 9.88 Å². The number of amides is 2. The number of aliphatic carboxylic acids is 1. The summed E-state index contributed by atoms with van der Waals surface area (Å²) in [6.45, 7) is 0.155. The van der Waals surface area contributed by atoms with Crippen molar-refractivity contribution in [3.05, 3.63) is 64.0 Å². The second-order valence-corrected chi connectivity index (χ2v) is 8.10. The number of carboxylic acids is 1. The number of pyridine rings is 2. The number of aromatic amines is 1. The van der Waals surface area contributed by atoms with Crippen LogP contribution in [0.1, 0.15) is 10.5 Å². The molecule has 0 aromatic carbocycles. The van der Waals surface area contributed by atoms with E-state index in [4.69, 9.17) is 5.73 Å². The first-order valence-corrected chi connectivity index (χ1v) is 10.2. The third-order valence-electron chi connectivity index (χ3n) is 4.91. The van der Waals surface area contributed by atoms with E-state index >= 15 is 0 Å². The van der Waals surface area contributed by atoms with Gasteiger partial charge in [0.1, 0.15) is 22.8 Å². The fraction of sp³-hybridized carbons (Fsp3) is 0.211. The van der Waals surface area contributed by atoms with Gasteiger partial charge in [-0.05, 0) is 6.07 Å². The Balaban J connectivity index is 0.00000193. The molecule has 2 aliphatic heterocycles. The summed E-state index contributed by atoms with van der Waals surface area (Å²) in [4.78, 5) is 51.3. The lowest BCUT2D eigenvalue weighted by Crippen LogP contribution is -2.69. The number of nitrogens with two attached hydrogens (primary N) is 1. The summed E-state index contributed by atoms with van der Waals surface area (Å²) in [5.41, 5.74) is 5.71. The van der Waals surface area contributed by atoms with Crippen LogP contribution in [0.2, 0.25) is 0 Å². The number of carbonyl (C=O) groups excluding carboxylic acids is 3. The number of H-pyrrole nitrogens is 1. The van der Waals surface area contributed by atoms with E-state index in [0.29, 0.717) is 17.0 Å². The number of halogens is 2. The van der Waals surface area contributed by atoms with E-state index < -0.39 is 40.4 Å². The van der Waals surface area contributed by atoms with Crippen molar-refractivity contribution in [3.8, 4) is 5.75 Å². The van der Waals surface area contributed by atoms with Gasteiger partial charge in [-0.2, -0.15) is 4.57 Å². The number of thioether (sulfide) groups is 1. The van der Waals surface area contributed by atoms with E-state index in [1.165, 1.54) is 11.8 Å². The Morgan fingerprint density at radius 1 is 1.36 bits per heavy atom. The maximum absolute atomic E-state index is 12.3. The van der Waals surface area contributed by atoms with Gasteiger partial charge in [0.05, 0.1) is 11.7 Å². The topological polar surface area (TPSA) is 173 Å². The molecule has 0 radical (unpaired) electrons. The fourth-order valence-electron chi connectivity index (χ4n) is 3.40. The lowest BCUT2D eigenvalue weighted by molar-refractivity contribution is -0.688. The van der Waals surface area contributed by atoms with Crippen molar-refractivity contribution in [2.24, 2.45) is 5.73 Å². The summed E-state index contributed by atoms with van der Waals surface area (Å²) in [5, 5.41) is 23.2. The van der Waals surface area contributed by atoms with Crippen molar-refractivity contribution in [2.45, 2.75) is 18.0 Å². The number of aromatic nitrogens is 2. The average molecular weight is 516 g/mol. The number of β-lactam (4-membered cyclic amide) rings is 1. The summed E-state index contributed by atoms with van der Waals surface area (Å²) in [7, 11) is 0. The minimum Gasteiger partial charge on any atom is -0.543 e. The highest BCUT2D eigenvalue weighted by Crippen LogP contribution is 2.39. The lowest BCUT2D eigenvalue weighted by Gasteiger charge is -2.49. The molecule has 176 valence electrons. The molecule has 5 N–H and O–H groups in total. The van der Waals surface area contributed by atoms with Crippen molar-refractivity contribution < 1.29 is 29.2 Å². The largest absolute Gasteiger partial charge is 0.543 e. The summed E-state index contributed by atoms with van der Waals surface area (Å²) >= 11 is 1.38. The minimum atomic E-state index is -1.44. The van der Waals surface area contributed by atoms with E-state index in [2.05, 4.69) is 10.3 Å². The predicted octanol–water partition coefficient (Wildman–Crippen LogP) is -1.29. The van der Waals surface area contributed by atoms with Gasteiger partial charge >= 0.3 is 0 Å². The number of fused-ring (bicyclic) bond motifs is 1. The van der Waals surface area contributed by atoms with Gasteiger partial charge in [-0.3, -0.25) is 19.3 Å². The molecule has 0 spiro atoms. The molecule has 1 fully saturated rings. The monoisotopic (exact) mass is 515 g/mol. The molecule has 1 saturated heterocycles. The van der Waals surface area contributed by atoms with Crippen LogP contribution in [0, 0.1) is 0 Å².